The van der Waals surface area contributed by atoms with Gasteiger partial charge >= 0.3 is 18.2 Å². The Labute approximate surface area is 103 Å². The molecule has 0 heterocycles. The zero-order valence-electron chi connectivity index (χ0n) is 10.5. The maximum absolute atomic E-state index is 12.2. The number of nitrogens with zero attached hydrogens (tertiary/aromatic N) is 1. The van der Waals surface area contributed by atoms with Crippen LogP contribution in [0.3, 0.4) is 0 Å². The molecule has 1 atom stereocenters. The Kier molecular flexibility index (Phi) is 5.00. The number of carbonyl (C=O) groups is 2. The van der Waals surface area contributed by atoms with Gasteiger partial charge in [-0.1, -0.05) is 0 Å². The number of carboxylic acid groups (broad SMARTS) is 1. The molecule has 106 valence electrons. The molecular formula is C10H16F3NO4. The van der Waals surface area contributed by atoms with Crippen LogP contribution < -0.4 is 0 Å². The Hall–Kier alpha value is -1.47. The molecule has 0 rings (SSSR count). The van der Waals surface area contributed by atoms with Crippen LogP contribution >= 0.6 is 0 Å². The topological polar surface area (TPSA) is 66.8 Å². The highest BCUT2D eigenvalue weighted by Gasteiger charge is 2.40. The van der Waals surface area contributed by atoms with Gasteiger partial charge in [0.2, 0.25) is 0 Å². The minimum absolute atomic E-state index is 0.432. The molecule has 0 saturated carbocycles. The minimum Gasteiger partial charge on any atom is -0.480 e. The third-order valence-electron chi connectivity index (χ3n) is 1.86. The van der Waals surface area contributed by atoms with Gasteiger partial charge in [0.15, 0.2) is 0 Å². The molecule has 1 unspecified atom stereocenters. The number of carboxylic acids is 1. The quantitative estimate of drug-likeness (QED) is 0.855. The molecular weight excluding hydrogens is 255 g/mol. The molecule has 8 heteroatoms. The first-order valence-electron chi connectivity index (χ1n) is 5.09. The Bertz CT molecular complexity index is 322. The maximum atomic E-state index is 12.2. The fourth-order valence-electron chi connectivity index (χ4n) is 1.07. The lowest BCUT2D eigenvalue weighted by Gasteiger charge is -2.28. The number of halogens is 3. The van der Waals surface area contributed by atoms with E-state index < -0.39 is 36.3 Å². The van der Waals surface area contributed by atoms with Crippen molar-refractivity contribution in [2.24, 2.45) is 0 Å². The summed E-state index contributed by atoms with van der Waals surface area (Å²) in [4.78, 5) is 22.6. The molecule has 0 radical (unpaired) electrons. The van der Waals surface area contributed by atoms with Crippen molar-refractivity contribution in [3.05, 3.63) is 0 Å². The number of carbonyl (C=O) groups excluding carboxylic acids is 1. The van der Waals surface area contributed by atoms with Crippen LogP contribution in [0.15, 0.2) is 0 Å². The molecule has 0 aromatic carbocycles. The third kappa shape index (κ3) is 6.31. The van der Waals surface area contributed by atoms with Crippen molar-refractivity contribution in [2.45, 2.75) is 45.0 Å². The second-order valence-corrected chi connectivity index (χ2v) is 4.76. The zero-order valence-corrected chi connectivity index (χ0v) is 10.5. The summed E-state index contributed by atoms with van der Waals surface area (Å²) in [5.41, 5.74) is -0.910. The Morgan fingerprint density at radius 1 is 1.28 bits per heavy atom. The second-order valence-electron chi connectivity index (χ2n) is 4.76. The van der Waals surface area contributed by atoms with Crippen LogP contribution in [0, 0.1) is 0 Å². The first-order chi connectivity index (χ1) is 7.83. The van der Waals surface area contributed by atoms with Crippen molar-refractivity contribution in [2.75, 3.05) is 7.05 Å². The molecule has 0 aliphatic rings. The van der Waals surface area contributed by atoms with Crippen LogP contribution in [0.5, 0.6) is 0 Å². The van der Waals surface area contributed by atoms with Crippen LogP contribution in [-0.2, 0) is 9.53 Å². The summed E-state index contributed by atoms with van der Waals surface area (Å²) in [5.74, 6) is -1.74. The lowest BCUT2D eigenvalue weighted by Crippen LogP contribution is -2.46. The van der Waals surface area contributed by atoms with Gasteiger partial charge in [0.25, 0.3) is 0 Å². The normalized spacial score (nSPS) is 13.9. The minimum atomic E-state index is -4.68. The van der Waals surface area contributed by atoms with E-state index in [1.807, 2.05) is 0 Å². The fraction of sp³-hybridized carbons (Fsp3) is 0.800. The van der Waals surface area contributed by atoms with E-state index in [9.17, 15) is 22.8 Å². The van der Waals surface area contributed by atoms with Crippen LogP contribution in [0.25, 0.3) is 0 Å². The fourth-order valence-corrected chi connectivity index (χ4v) is 1.07. The smallest absolute Gasteiger partial charge is 0.410 e. The molecule has 0 bridgehead atoms. The third-order valence-corrected chi connectivity index (χ3v) is 1.86. The number of hydrogen-bond acceptors (Lipinski definition) is 3. The summed E-state index contributed by atoms with van der Waals surface area (Å²) in [7, 11) is 0.957. The van der Waals surface area contributed by atoms with Gasteiger partial charge in [-0.15, -0.1) is 0 Å². The van der Waals surface area contributed by atoms with E-state index >= 15 is 0 Å². The average molecular weight is 271 g/mol. The molecule has 5 nitrogen and oxygen atoms in total. The first kappa shape index (κ1) is 16.5. The molecule has 0 spiro atoms. The standard InChI is InChI=1S/C10H16F3NO4/c1-9(2,3)18-8(17)14(4)6(7(15)16)5-10(11,12)13/h6H,5H2,1-4H3,(H,15,16). The maximum Gasteiger partial charge on any atom is 0.410 e. The van der Waals surface area contributed by atoms with Gasteiger partial charge in [-0.2, -0.15) is 13.2 Å². The number of hydrogen-bond donors (Lipinski definition) is 1. The zero-order chi connectivity index (χ0) is 14.7. The summed E-state index contributed by atoms with van der Waals surface area (Å²) in [6.07, 6.45) is -7.42. The molecule has 18 heavy (non-hydrogen) atoms. The van der Waals surface area contributed by atoms with Gasteiger partial charge in [-0.25, -0.2) is 9.59 Å². The Morgan fingerprint density at radius 3 is 2.00 bits per heavy atom. The molecule has 0 saturated heterocycles. The number of amides is 1. The predicted molar refractivity (Wildman–Crippen MR) is 56.1 cm³/mol. The van der Waals surface area contributed by atoms with Gasteiger partial charge in [0, 0.05) is 7.05 Å². The largest absolute Gasteiger partial charge is 0.480 e. The molecule has 0 fully saturated rings. The first-order valence-corrected chi connectivity index (χ1v) is 5.09. The van der Waals surface area contributed by atoms with E-state index in [4.69, 9.17) is 9.84 Å². The van der Waals surface area contributed by atoms with E-state index in [0.29, 0.717) is 4.90 Å². The van der Waals surface area contributed by atoms with E-state index in [0.717, 1.165) is 7.05 Å². The van der Waals surface area contributed by atoms with Gasteiger partial charge < -0.3 is 9.84 Å². The van der Waals surface area contributed by atoms with Crippen molar-refractivity contribution in [1.29, 1.82) is 0 Å². The summed E-state index contributed by atoms with van der Waals surface area (Å²) >= 11 is 0. The predicted octanol–water partition coefficient (Wildman–Crippen LogP) is 2.26. The van der Waals surface area contributed by atoms with Crippen LogP contribution in [0.4, 0.5) is 18.0 Å². The molecule has 0 aliphatic carbocycles. The van der Waals surface area contributed by atoms with E-state index in [-0.39, 0.29) is 0 Å². The van der Waals surface area contributed by atoms with Gasteiger partial charge in [0.05, 0.1) is 6.42 Å². The second kappa shape index (κ2) is 5.45. The van der Waals surface area contributed by atoms with Crippen molar-refractivity contribution < 1.29 is 32.6 Å². The Balaban J connectivity index is 4.83. The van der Waals surface area contributed by atoms with Gasteiger partial charge in [0.1, 0.15) is 11.6 Å². The average Bonchev–Trinajstić information content (AvgIpc) is 2.08. The SMILES string of the molecule is CN(C(=O)OC(C)(C)C)C(CC(F)(F)F)C(=O)O. The summed E-state index contributed by atoms with van der Waals surface area (Å²) < 4.78 is 41.4. The molecule has 0 aliphatic heterocycles. The highest BCUT2D eigenvalue weighted by atomic mass is 19.4. The molecule has 1 amide bonds. The monoisotopic (exact) mass is 271 g/mol. The van der Waals surface area contributed by atoms with E-state index in [2.05, 4.69) is 0 Å². The number of ether oxygens (including phenoxy) is 1. The Morgan fingerprint density at radius 2 is 1.72 bits per heavy atom. The number of likely N-dealkylation sites (N-methyl/N-ethyl adjacent to an activating group) is 1. The van der Waals surface area contributed by atoms with Gasteiger partial charge in [-0.3, -0.25) is 4.90 Å². The summed E-state index contributed by atoms with van der Waals surface area (Å²) in [6, 6.07) is -2.00. The molecule has 1 N–H and O–H groups in total. The summed E-state index contributed by atoms with van der Waals surface area (Å²) in [6.45, 7) is 4.58. The van der Waals surface area contributed by atoms with Crippen molar-refractivity contribution in [3.63, 3.8) is 0 Å². The van der Waals surface area contributed by atoms with Crippen LogP contribution in [0.2, 0.25) is 0 Å². The van der Waals surface area contributed by atoms with Crippen molar-refractivity contribution in [3.8, 4) is 0 Å². The number of aliphatic carboxylic acids is 1. The highest BCUT2D eigenvalue weighted by molar-refractivity contribution is 5.80. The van der Waals surface area contributed by atoms with E-state index in [1.54, 1.807) is 0 Å². The lowest BCUT2D eigenvalue weighted by atomic mass is 10.2. The molecule has 0 aromatic heterocycles. The summed E-state index contributed by atoms with van der Waals surface area (Å²) in [5, 5.41) is 8.70. The molecule has 0 aromatic rings. The van der Waals surface area contributed by atoms with Crippen LogP contribution in [0.1, 0.15) is 27.2 Å². The van der Waals surface area contributed by atoms with Crippen molar-refractivity contribution in [1.82, 2.24) is 4.90 Å². The van der Waals surface area contributed by atoms with Crippen LogP contribution in [-0.4, -0.2) is 46.9 Å². The van der Waals surface area contributed by atoms with E-state index in [1.165, 1.54) is 20.8 Å². The number of alkyl halides is 3. The van der Waals surface area contributed by atoms with Crippen molar-refractivity contribution >= 4 is 12.1 Å². The number of rotatable bonds is 3. The highest BCUT2D eigenvalue weighted by Crippen LogP contribution is 2.24. The van der Waals surface area contributed by atoms with Gasteiger partial charge in [-0.05, 0) is 20.8 Å². The lowest BCUT2D eigenvalue weighted by molar-refractivity contribution is -0.164.